The standard InChI is InChI=1S/C29H27Cl2N5O4/c1-2-14-29(28(38)33-18-19-8-13-23(30)24(31)17-19)26(22-6-3-4-7-25(22)35-36-32)40-27(34-29)20-9-11-21(12-10-20)39-16-5-15-37/h2-4,6-13,17,26,37H,1,5,14-16,18H2,(H,33,38)/t26-,29-/m1/s1. The molecule has 0 saturated carbocycles. The second kappa shape index (κ2) is 13.4. The quantitative estimate of drug-likeness (QED) is 0.0798. The first-order valence-electron chi connectivity index (χ1n) is 12.5. The molecule has 4 rings (SSSR count). The van der Waals surface area contributed by atoms with Gasteiger partial charge >= 0.3 is 0 Å². The lowest BCUT2D eigenvalue weighted by atomic mass is 9.83. The lowest BCUT2D eigenvalue weighted by Gasteiger charge is -2.30. The van der Waals surface area contributed by atoms with Crippen LogP contribution in [0.3, 0.4) is 0 Å². The predicted molar refractivity (Wildman–Crippen MR) is 155 cm³/mol. The average Bonchev–Trinajstić information content (AvgIpc) is 3.35. The van der Waals surface area contributed by atoms with E-state index in [0.717, 1.165) is 5.56 Å². The van der Waals surface area contributed by atoms with E-state index in [2.05, 4.69) is 21.9 Å². The molecule has 0 bridgehead atoms. The van der Waals surface area contributed by atoms with Crippen molar-refractivity contribution in [2.75, 3.05) is 13.2 Å². The van der Waals surface area contributed by atoms with Gasteiger partial charge in [-0.1, -0.05) is 64.7 Å². The van der Waals surface area contributed by atoms with Gasteiger partial charge in [-0.25, -0.2) is 4.99 Å². The van der Waals surface area contributed by atoms with Gasteiger partial charge in [0.05, 0.1) is 16.7 Å². The average molecular weight is 580 g/mol. The third-order valence-electron chi connectivity index (χ3n) is 6.29. The molecular weight excluding hydrogens is 553 g/mol. The van der Waals surface area contributed by atoms with Crippen molar-refractivity contribution in [2.24, 2.45) is 10.1 Å². The number of hydrogen-bond donors (Lipinski definition) is 2. The normalized spacial score (nSPS) is 17.8. The molecule has 11 heteroatoms. The largest absolute Gasteiger partial charge is 0.494 e. The maximum Gasteiger partial charge on any atom is 0.252 e. The molecule has 1 aliphatic heterocycles. The molecule has 0 radical (unpaired) electrons. The van der Waals surface area contributed by atoms with Crippen molar-refractivity contribution < 1.29 is 19.4 Å². The van der Waals surface area contributed by atoms with Crippen molar-refractivity contribution in [3.63, 3.8) is 0 Å². The highest BCUT2D eigenvalue weighted by Gasteiger charge is 2.52. The van der Waals surface area contributed by atoms with Crippen molar-refractivity contribution >= 4 is 40.7 Å². The maximum absolute atomic E-state index is 14.0. The lowest BCUT2D eigenvalue weighted by molar-refractivity contribution is -0.129. The second-order valence-corrected chi connectivity index (χ2v) is 9.78. The van der Waals surface area contributed by atoms with E-state index in [-0.39, 0.29) is 25.5 Å². The summed E-state index contributed by atoms with van der Waals surface area (Å²) in [4.78, 5) is 21.8. The van der Waals surface area contributed by atoms with E-state index in [0.29, 0.717) is 45.6 Å². The van der Waals surface area contributed by atoms with Crippen molar-refractivity contribution in [1.82, 2.24) is 5.32 Å². The molecule has 0 aromatic heterocycles. The molecule has 2 atom stereocenters. The monoisotopic (exact) mass is 579 g/mol. The van der Waals surface area contributed by atoms with Gasteiger partial charge in [0.2, 0.25) is 5.90 Å². The van der Waals surface area contributed by atoms with E-state index in [4.69, 9.17) is 48.3 Å². The van der Waals surface area contributed by atoms with Crippen molar-refractivity contribution in [1.29, 1.82) is 0 Å². The minimum absolute atomic E-state index is 0.0416. The molecule has 0 aliphatic carbocycles. The Kier molecular flexibility index (Phi) is 9.69. The fourth-order valence-electron chi connectivity index (χ4n) is 4.35. The summed E-state index contributed by atoms with van der Waals surface area (Å²) in [6.07, 6.45) is 1.35. The highest BCUT2D eigenvalue weighted by atomic mass is 35.5. The molecule has 2 N–H and O–H groups in total. The zero-order valence-corrected chi connectivity index (χ0v) is 23.0. The summed E-state index contributed by atoms with van der Waals surface area (Å²) in [6.45, 7) is 4.46. The van der Waals surface area contributed by atoms with Gasteiger partial charge in [-0.05, 0) is 47.5 Å². The number of hydrogen-bond acceptors (Lipinski definition) is 6. The Morgan fingerprint density at radius 1 is 1.20 bits per heavy atom. The smallest absolute Gasteiger partial charge is 0.252 e. The number of rotatable bonds is 12. The van der Waals surface area contributed by atoms with Crippen molar-refractivity contribution in [2.45, 2.75) is 31.0 Å². The summed E-state index contributed by atoms with van der Waals surface area (Å²) >= 11 is 12.2. The molecule has 206 valence electrons. The van der Waals surface area contributed by atoms with Gasteiger partial charge < -0.3 is 19.9 Å². The van der Waals surface area contributed by atoms with Crippen molar-refractivity contribution in [3.05, 3.63) is 117 Å². The van der Waals surface area contributed by atoms with Crippen LogP contribution in [-0.2, 0) is 16.1 Å². The third-order valence-corrected chi connectivity index (χ3v) is 7.03. The van der Waals surface area contributed by atoms with Gasteiger partial charge in [-0.2, -0.15) is 0 Å². The van der Waals surface area contributed by atoms with Gasteiger partial charge in [-0.15, -0.1) is 6.58 Å². The summed E-state index contributed by atoms with van der Waals surface area (Å²) < 4.78 is 12.0. The van der Waals surface area contributed by atoms with Crippen LogP contribution in [-0.4, -0.2) is 35.7 Å². The Labute approximate surface area is 241 Å². The summed E-state index contributed by atoms with van der Waals surface area (Å²) in [5, 5.41) is 16.5. The highest BCUT2D eigenvalue weighted by molar-refractivity contribution is 6.42. The molecule has 3 aromatic rings. The van der Waals surface area contributed by atoms with Crippen LogP contribution in [0.2, 0.25) is 10.0 Å². The van der Waals surface area contributed by atoms with Crippen molar-refractivity contribution in [3.8, 4) is 5.75 Å². The number of carbonyl (C=O) groups excluding carboxylic acids is 1. The maximum atomic E-state index is 14.0. The van der Waals surface area contributed by atoms with E-state index in [1.54, 1.807) is 72.8 Å². The fraction of sp³-hybridized carbons (Fsp3) is 0.241. The number of benzene rings is 3. The summed E-state index contributed by atoms with van der Waals surface area (Å²) in [5.41, 5.74) is 9.92. The van der Waals surface area contributed by atoms with Crippen LogP contribution in [0.25, 0.3) is 10.4 Å². The lowest BCUT2D eigenvalue weighted by Crippen LogP contribution is -2.47. The van der Waals surface area contributed by atoms with Gasteiger partial charge in [0.25, 0.3) is 5.91 Å². The van der Waals surface area contributed by atoms with Crippen LogP contribution >= 0.6 is 23.2 Å². The van der Waals surface area contributed by atoms with Gasteiger partial charge in [0.1, 0.15) is 5.75 Å². The van der Waals surface area contributed by atoms with Crippen LogP contribution in [0.15, 0.2) is 89.5 Å². The zero-order chi connectivity index (χ0) is 28.5. The predicted octanol–water partition coefficient (Wildman–Crippen LogP) is 6.85. The molecule has 1 amide bonds. The SMILES string of the molecule is C=CC[C@@]1(C(=O)NCc2ccc(Cl)c(Cl)c2)N=C(c2ccc(OCCCO)cc2)O[C@@H]1c1ccccc1N=[N+]=[N-]. The van der Waals surface area contributed by atoms with Gasteiger partial charge in [-0.3, -0.25) is 4.79 Å². The fourth-order valence-corrected chi connectivity index (χ4v) is 4.67. The summed E-state index contributed by atoms with van der Waals surface area (Å²) in [5.74, 6) is 0.463. The Bertz CT molecular complexity index is 1460. The number of nitrogens with one attached hydrogen (secondary N) is 1. The van der Waals surface area contributed by atoms with Crippen LogP contribution in [0.1, 0.15) is 35.6 Å². The zero-order valence-electron chi connectivity index (χ0n) is 21.5. The molecule has 0 spiro atoms. The van der Waals surface area contributed by atoms with Gasteiger partial charge in [0.15, 0.2) is 11.6 Å². The van der Waals surface area contributed by atoms with E-state index >= 15 is 0 Å². The molecule has 1 aliphatic rings. The van der Waals surface area contributed by atoms with Gasteiger partial charge in [0, 0.05) is 47.7 Å². The molecule has 3 aromatic carbocycles. The molecule has 0 fully saturated rings. The first-order valence-corrected chi connectivity index (χ1v) is 13.2. The number of nitrogens with zero attached hydrogens (tertiary/aromatic N) is 4. The Balaban J connectivity index is 1.72. The number of carbonyl (C=O) groups is 1. The molecule has 1 heterocycles. The van der Waals surface area contributed by atoms with Crippen LogP contribution in [0.4, 0.5) is 5.69 Å². The number of halogens is 2. The first kappa shape index (κ1) is 29.0. The van der Waals surface area contributed by atoms with E-state index in [9.17, 15) is 4.79 Å². The topological polar surface area (TPSA) is 129 Å². The molecule has 0 unspecified atom stereocenters. The van der Waals surface area contributed by atoms with Crippen LogP contribution in [0.5, 0.6) is 5.75 Å². The van der Waals surface area contributed by atoms with E-state index < -0.39 is 17.6 Å². The molecular formula is C29H27Cl2N5O4. The summed E-state index contributed by atoms with van der Waals surface area (Å²) in [7, 11) is 0. The number of aliphatic imine (C=N–C) groups is 1. The number of ether oxygens (including phenoxy) is 2. The molecule has 0 saturated heterocycles. The number of amides is 1. The number of aliphatic hydroxyl groups is 1. The van der Waals surface area contributed by atoms with E-state index in [1.165, 1.54) is 0 Å². The first-order chi connectivity index (χ1) is 19.4. The minimum Gasteiger partial charge on any atom is -0.494 e. The third kappa shape index (κ3) is 6.41. The second-order valence-electron chi connectivity index (χ2n) is 8.96. The molecule has 9 nitrogen and oxygen atoms in total. The Hall–Kier alpha value is -4.01. The van der Waals surface area contributed by atoms with Crippen LogP contribution < -0.4 is 10.1 Å². The molecule has 40 heavy (non-hydrogen) atoms. The number of aliphatic hydroxyl groups excluding tert-OH is 1. The van der Waals surface area contributed by atoms with Crippen LogP contribution in [0, 0.1) is 0 Å². The highest BCUT2D eigenvalue weighted by Crippen LogP contribution is 2.45. The number of azide groups is 1. The Morgan fingerprint density at radius 3 is 2.67 bits per heavy atom. The Morgan fingerprint density at radius 2 is 1.98 bits per heavy atom. The minimum atomic E-state index is -1.45. The van der Waals surface area contributed by atoms with E-state index in [1.807, 2.05) is 0 Å². The summed E-state index contributed by atoms with van der Waals surface area (Å²) in [6, 6.07) is 19.1.